The molecule has 0 aliphatic carbocycles. The van der Waals surface area contributed by atoms with E-state index < -0.39 is 0 Å². The highest BCUT2D eigenvalue weighted by Crippen LogP contribution is 2.24. The van der Waals surface area contributed by atoms with E-state index in [4.69, 9.17) is 24.4 Å². The summed E-state index contributed by atoms with van der Waals surface area (Å²) in [6.07, 6.45) is 0. The molecule has 0 atom stereocenters. The minimum Gasteiger partial charge on any atom is -0.311 e. The van der Waals surface area contributed by atoms with Crippen LogP contribution in [0.15, 0.2) is 34.3 Å². The molecule has 0 aliphatic heterocycles. The van der Waals surface area contributed by atoms with Crippen molar-refractivity contribution in [2.75, 3.05) is 0 Å². The van der Waals surface area contributed by atoms with Gasteiger partial charge < -0.3 is 9.97 Å². The lowest BCUT2D eigenvalue weighted by Gasteiger charge is -2.01. The molecule has 0 radical (unpaired) electrons. The molecule has 0 bridgehead atoms. The van der Waals surface area contributed by atoms with E-state index in [2.05, 4.69) is 34.0 Å². The zero-order valence-electron chi connectivity index (χ0n) is 8.48. The van der Waals surface area contributed by atoms with E-state index in [0.29, 0.717) is 14.7 Å². The van der Waals surface area contributed by atoms with E-state index in [0.717, 1.165) is 4.90 Å². The van der Waals surface area contributed by atoms with E-state index in [1.165, 1.54) is 17.3 Å². The lowest BCUT2D eigenvalue weighted by atomic mass is 10.2. The molecule has 0 fully saturated rings. The Morgan fingerprint density at radius 2 is 2.06 bits per heavy atom. The van der Waals surface area contributed by atoms with Gasteiger partial charge in [-0.25, -0.2) is 0 Å². The molecule has 0 unspecified atom stereocenters. The van der Waals surface area contributed by atoms with Gasteiger partial charge >= 0.3 is 0 Å². The van der Waals surface area contributed by atoms with Gasteiger partial charge in [0.05, 0.1) is 0 Å². The molecule has 1 aromatic carbocycles. The van der Waals surface area contributed by atoms with Gasteiger partial charge in [0.25, 0.3) is 0 Å². The molecule has 0 spiro atoms. The molecule has 3 nitrogen and oxygen atoms in total. The third kappa shape index (κ3) is 3.01. The summed E-state index contributed by atoms with van der Waals surface area (Å²) in [6.45, 7) is 2.05. The van der Waals surface area contributed by atoms with Gasteiger partial charge in [0.1, 0.15) is 0 Å². The summed E-state index contributed by atoms with van der Waals surface area (Å²) >= 11 is 11.5. The number of nitrogens with zero attached hydrogens (tertiary/aromatic N) is 1. The maximum Gasteiger partial charge on any atom is 0.201 e. The molecule has 82 valence electrons. The van der Waals surface area contributed by atoms with E-state index in [1.807, 2.05) is 12.1 Å². The SMILES string of the molecule is Cc1cccc(Sc2nc(=S)[nH]c(=S)[nH]2)c1. The van der Waals surface area contributed by atoms with Crippen LogP contribution >= 0.6 is 36.2 Å². The predicted octanol–water partition coefficient (Wildman–Crippen LogP) is 3.66. The van der Waals surface area contributed by atoms with Crippen molar-refractivity contribution in [3.63, 3.8) is 0 Å². The molecule has 2 rings (SSSR count). The second-order valence-electron chi connectivity index (χ2n) is 3.22. The molecule has 2 N–H and O–H groups in total. The summed E-state index contributed by atoms with van der Waals surface area (Å²) < 4.78 is 0.897. The Hall–Kier alpha value is -0.980. The monoisotopic (exact) mass is 267 g/mol. The van der Waals surface area contributed by atoms with Crippen molar-refractivity contribution in [1.29, 1.82) is 0 Å². The largest absolute Gasteiger partial charge is 0.311 e. The Morgan fingerprint density at radius 1 is 1.25 bits per heavy atom. The van der Waals surface area contributed by atoms with E-state index in [1.54, 1.807) is 0 Å². The van der Waals surface area contributed by atoms with Crippen LogP contribution in [0.4, 0.5) is 0 Å². The maximum absolute atomic E-state index is 5.00. The highest BCUT2D eigenvalue weighted by Gasteiger charge is 1.99. The fourth-order valence-corrected chi connectivity index (χ4v) is 2.69. The number of nitrogens with one attached hydrogen (secondary N) is 2. The summed E-state index contributed by atoms with van der Waals surface area (Å²) in [5.41, 5.74) is 1.21. The predicted molar refractivity (Wildman–Crippen MR) is 69.9 cm³/mol. The topological polar surface area (TPSA) is 44.5 Å². The van der Waals surface area contributed by atoms with Crippen LogP contribution in [0, 0.1) is 16.5 Å². The first kappa shape index (κ1) is 11.5. The van der Waals surface area contributed by atoms with Crippen molar-refractivity contribution in [1.82, 2.24) is 15.0 Å². The minimum absolute atomic E-state index is 0.402. The number of hydrogen-bond acceptors (Lipinski definition) is 4. The van der Waals surface area contributed by atoms with Crippen molar-refractivity contribution in [2.24, 2.45) is 0 Å². The third-order valence-electron chi connectivity index (χ3n) is 1.85. The molecule has 0 saturated carbocycles. The van der Waals surface area contributed by atoms with Crippen molar-refractivity contribution < 1.29 is 0 Å². The third-order valence-corrected chi connectivity index (χ3v) is 3.12. The van der Waals surface area contributed by atoms with Gasteiger partial charge in [0.15, 0.2) is 9.93 Å². The van der Waals surface area contributed by atoms with Crippen molar-refractivity contribution >= 4 is 36.2 Å². The summed E-state index contributed by atoms with van der Waals surface area (Å²) in [6, 6.07) is 8.17. The Kier molecular flexibility index (Phi) is 3.52. The molecule has 0 saturated heterocycles. The Balaban J connectivity index is 2.34. The summed E-state index contributed by atoms with van der Waals surface area (Å²) in [5, 5.41) is 0.708. The highest BCUT2D eigenvalue weighted by molar-refractivity contribution is 7.99. The van der Waals surface area contributed by atoms with Crippen LogP contribution in [-0.2, 0) is 0 Å². The van der Waals surface area contributed by atoms with Gasteiger partial charge in [0.2, 0.25) is 4.77 Å². The smallest absolute Gasteiger partial charge is 0.201 e. The number of aryl methyl sites for hydroxylation is 1. The summed E-state index contributed by atoms with van der Waals surface area (Å²) in [5.74, 6) is 0. The fraction of sp³-hybridized carbons (Fsp3) is 0.100. The van der Waals surface area contributed by atoms with Gasteiger partial charge in [-0.3, -0.25) is 0 Å². The van der Waals surface area contributed by atoms with Crippen molar-refractivity contribution in [3.05, 3.63) is 39.4 Å². The van der Waals surface area contributed by atoms with Crippen LogP contribution in [0.1, 0.15) is 5.56 Å². The molecule has 1 aromatic heterocycles. The van der Waals surface area contributed by atoms with Gasteiger partial charge in [0, 0.05) is 4.90 Å². The van der Waals surface area contributed by atoms with E-state index >= 15 is 0 Å². The Morgan fingerprint density at radius 3 is 2.75 bits per heavy atom. The maximum atomic E-state index is 5.00. The van der Waals surface area contributed by atoms with Gasteiger partial charge in [-0.05, 0) is 43.5 Å². The molecular formula is C10H9N3S3. The lowest BCUT2D eigenvalue weighted by Crippen LogP contribution is -1.91. The quantitative estimate of drug-likeness (QED) is 0.815. The average molecular weight is 267 g/mol. The molecule has 0 aliphatic rings. The fourth-order valence-electron chi connectivity index (χ4n) is 1.21. The molecule has 16 heavy (non-hydrogen) atoms. The number of aromatic nitrogens is 3. The lowest BCUT2D eigenvalue weighted by molar-refractivity contribution is 0.872. The first-order valence-corrected chi connectivity index (χ1v) is 6.22. The molecule has 6 heteroatoms. The van der Waals surface area contributed by atoms with Crippen LogP contribution in [0.3, 0.4) is 0 Å². The van der Waals surface area contributed by atoms with Crippen LogP contribution in [0.25, 0.3) is 0 Å². The van der Waals surface area contributed by atoms with Gasteiger partial charge in [-0.1, -0.05) is 29.5 Å². The Bertz CT molecular complexity index is 587. The van der Waals surface area contributed by atoms with Gasteiger partial charge in [-0.2, -0.15) is 4.98 Å². The van der Waals surface area contributed by atoms with E-state index in [9.17, 15) is 0 Å². The molecule has 2 aromatic rings. The first-order valence-electron chi connectivity index (χ1n) is 4.59. The normalized spacial score (nSPS) is 10.3. The number of rotatable bonds is 2. The first-order chi connectivity index (χ1) is 7.63. The standard InChI is InChI=1S/C10H9N3S3/c1-6-3-2-4-7(5-6)16-10-12-8(14)11-9(15)13-10/h2-5H,1H3,(H2,11,12,13,14,15). The number of H-pyrrole nitrogens is 2. The van der Waals surface area contributed by atoms with Gasteiger partial charge in [-0.15, -0.1) is 0 Å². The summed E-state index contributed by atoms with van der Waals surface area (Å²) in [7, 11) is 0. The molecule has 0 amide bonds. The van der Waals surface area contributed by atoms with Crippen LogP contribution in [0.2, 0.25) is 0 Å². The Labute approximate surface area is 107 Å². The van der Waals surface area contributed by atoms with E-state index in [-0.39, 0.29) is 0 Å². The zero-order valence-corrected chi connectivity index (χ0v) is 10.9. The number of benzene rings is 1. The van der Waals surface area contributed by atoms with Crippen LogP contribution < -0.4 is 0 Å². The number of hydrogen-bond donors (Lipinski definition) is 2. The van der Waals surface area contributed by atoms with Crippen LogP contribution in [-0.4, -0.2) is 15.0 Å². The molecular weight excluding hydrogens is 258 g/mol. The highest BCUT2D eigenvalue weighted by atomic mass is 32.2. The minimum atomic E-state index is 0.402. The number of aromatic amines is 2. The van der Waals surface area contributed by atoms with Crippen molar-refractivity contribution in [2.45, 2.75) is 17.0 Å². The van der Waals surface area contributed by atoms with Crippen LogP contribution in [0.5, 0.6) is 0 Å². The van der Waals surface area contributed by atoms with Crippen molar-refractivity contribution in [3.8, 4) is 0 Å². The summed E-state index contributed by atoms with van der Waals surface area (Å²) in [4.78, 5) is 11.0. The second-order valence-corrected chi connectivity index (χ2v) is 5.08. The zero-order chi connectivity index (χ0) is 11.5. The molecule has 1 heterocycles. The second kappa shape index (κ2) is 4.90. The average Bonchev–Trinajstić information content (AvgIpc) is 2.15.